The van der Waals surface area contributed by atoms with Gasteiger partial charge in [0.2, 0.25) is 6.29 Å². The largest absolute Gasteiger partial charge is 0.450 e. The van der Waals surface area contributed by atoms with Crippen LogP contribution < -0.4 is 9.47 Å². The fraction of sp³-hybridized carbons (Fsp3) is 0.647. The Hall–Kier alpha value is -1.18. The molecule has 0 saturated heterocycles. The monoisotopic (exact) mass is 260 g/mol. The molecule has 0 saturated carbocycles. The Bertz CT molecular complexity index is 530. The van der Waals surface area contributed by atoms with Gasteiger partial charge in [-0.1, -0.05) is 41.5 Å². The van der Waals surface area contributed by atoms with Crippen LogP contribution in [0.5, 0.6) is 11.5 Å². The van der Waals surface area contributed by atoms with Gasteiger partial charge >= 0.3 is 0 Å². The molecule has 104 valence electrons. The van der Waals surface area contributed by atoms with Crippen LogP contribution in [0.3, 0.4) is 0 Å². The highest BCUT2D eigenvalue weighted by atomic mass is 16.7. The predicted molar refractivity (Wildman–Crippen MR) is 77.0 cm³/mol. The molecular formula is C17H24O2. The molecule has 1 aliphatic heterocycles. The molecule has 1 aromatic carbocycles. The van der Waals surface area contributed by atoms with Crippen LogP contribution in [0.2, 0.25) is 0 Å². The number of rotatable bonds is 0. The molecule has 0 bridgehead atoms. The van der Waals surface area contributed by atoms with Crippen molar-refractivity contribution in [2.75, 3.05) is 0 Å². The molecule has 2 nitrogen and oxygen atoms in total. The first-order valence-electron chi connectivity index (χ1n) is 7.20. The van der Waals surface area contributed by atoms with Crippen LogP contribution in [0.15, 0.2) is 6.07 Å². The number of ether oxygens (including phenoxy) is 2. The summed E-state index contributed by atoms with van der Waals surface area (Å²) < 4.78 is 12.2. The topological polar surface area (TPSA) is 18.5 Å². The summed E-state index contributed by atoms with van der Waals surface area (Å²) in [5.41, 5.74) is 4.39. The van der Waals surface area contributed by atoms with Crippen LogP contribution in [-0.4, -0.2) is 6.29 Å². The van der Waals surface area contributed by atoms with Crippen LogP contribution in [0.1, 0.15) is 58.2 Å². The van der Waals surface area contributed by atoms with E-state index in [0.717, 1.165) is 11.5 Å². The highest BCUT2D eigenvalue weighted by molar-refractivity contribution is 5.61. The minimum atomic E-state index is -0.176. The fourth-order valence-corrected chi connectivity index (χ4v) is 2.92. The second-order valence-corrected chi connectivity index (χ2v) is 7.90. The highest BCUT2D eigenvalue weighted by Crippen LogP contribution is 2.51. The highest BCUT2D eigenvalue weighted by Gasteiger charge is 2.40. The summed E-state index contributed by atoms with van der Waals surface area (Å²) in [4.78, 5) is 0. The maximum atomic E-state index is 6.18. The first-order chi connectivity index (χ1) is 8.68. The van der Waals surface area contributed by atoms with E-state index in [1.807, 2.05) is 0 Å². The number of fused-ring (bicyclic) bond motifs is 2. The Balaban J connectivity index is 2.10. The second-order valence-electron chi connectivity index (χ2n) is 7.90. The summed E-state index contributed by atoms with van der Waals surface area (Å²) in [6.07, 6.45) is 2.18. The minimum Gasteiger partial charge on any atom is -0.450 e. The molecule has 1 aromatic rings. The average Bonchev–Trinajstić information content (AvgIpc) is 2.61. The van der Waals surface area contributed by atoms with Crippen LogP contribution in [0.4, 0.5) is 0 Å². The quantitative estimate of drug-likeness (QED) is 0.695. The van der Waals surface area contributed by atoms with Gasteiger partial charge in [0.1, 0.15) is 0 Å². The summed E-state index contributed by atoms with van der Waals surface area (Å²) in [5, 5.41) is 0. The number of hydrogen-bond donors (Lipinski definition) is 0. The number of aryl methyl sites for hydroxylation is 1. The first kappa shape index (κ1) is 12.8. The van der Waals surface area contributed by atoms with E-state index in [9.17, 15) is 0 Å². The van der Waals surface area contributed by atoms with Crippen molar-refractivity contribution in [2.45, 2.75) is 66.1 Å². The third-order valence-electron chi connectivity index (χ3n) is 4.01. The van der Waals surface area contributed by atoms with E-state index in [1.165, 1.54) is 29.5 Å². The minimum absolute atomic E-state index is 0.0114. The van der Waals surface area contributed by atoms with Crippen LogP contribution in [-0.2, 0) is 18.3 Å². The number of hydrogen-bond acceptors (Lipinski definition) is 2. The van der Waals surface area contributed by atoms with Crippen LogP contribution in [0, 0.1) is 5.41 Å². The lowest BCUT2D eigenvalue weighted by molar-refractivity contribution is -0.0401. The van der Waals surface area contributed by atoms with Gasteiger partial charge in [0.25, 0.3) is 0 Å². The maximum absolute atomic E-state index is 6.18. The lowest BCUT2D eigenvalue weighted by atomic mass is 9.74. The first-order valence-corrected chi connectivity index (χ1v) is 7.20. The molecular weight excluding hydrogens is 236 g/mol. The summed E-state index contributed by atoms with van der Waals surface area (Å²) in [5.74, 6) is 1.94. The van der Waals surface area contributed by atoms with Crippen molar-refractivity contribution in [3.8, 4) is 11.5 Å². The molecule has 0 spiro atoms. The summed E-state index contributed by atoms with van der Waals surface area (Å²) in [6, 6.07) is 2.19. The van der Waals surface area contributed by atoms with Crippen LogP contribution in [0.25, 0.3) is 0 Å². The van der Waals surface area contributed by atoms with Crippen molar-refractivity contribution in [3.63, 3.8) is 0 Å². The zero-order chi connectivity index (χ0) is 14.0. The van der Waals surface area contributed by atoms with E-state index in [4.69, 9.17) is 9.47 Å². The predicted octanol–water partition coefficient (Wildman–Crippen LogP) is 4.23. The second kappa shape index (κ2) is 3.68. The van der Waals surface area contributed by atoms with Gasteiger partial charge in [0.05, 0.1) is 0 Å². The Morgan fingerprint density at radius 3 is 2.16 bits per heavy atom. The molecule has 0 radical (unpaired) electrons. The molecule has 2 aliphatic rings. The molecule has 0 amide bonds. The molecule has 0 N–H and O–H groups in total. The standard InChI is InChI=1S/C17H24O2/c1-16(2,3)13-11-8-7-10(11)9-12-14(13)19-15(18-12)17(4,5)6/h9,15H,7-8H2,1-6H3. The van der Waals surface area contributed by atoms with Crippen molar-refractivity contribution < 1.29 is 9.47 Å². The Morgan fingerprint density at radius 1 is 1.00 bits per heavy atom. The van der Waals surface area contributed by atoms with E-state index in [-0.39, 0.29) is 17.1 Å². The normalized spacial score (nSPS) is 21.1. The zero-order valence-electron chi connectivity index (χ0n) is 12.9. The SMILES string of the molecule is CC(C)(C)c1c2c(cc3c1OC(C(C)(C)C)O3)CC2. The van der Waals surface area contributed by atoms with Gasteiger partial charge in [-0.15, -0.1) is 0 Å². The van der Waals surface area contributed by atoms with Gasteiger partial charge < -0.3 is 9.47 Å². The molecule has 19 heavy (non-hydrogen) atoms. The summed E-state index contributed by atoms with van der Waals surface area (Å²) in [7, 11) is 0. The van der Waals surface area contributed by atoms with Crippen molar-refractivity contribution in [3.05, 3.63) is 22.8 Å². The summed E-state index contributed by atoms with van der Waals surface area (Å²) in [6.45, 7) is 13.2. The molecule has 3 rings (SSSR count). The molecule has 0 fully saturated rings. The van der Waals surface area contributed by atoms with Crippen molar-refractivity contribution in [1.29, 1.82) is 0 Å². The van der Waals surface area contributed by atoms with Crippen LogP contribution >= 0.6 is 0 Å². The van der Waals surface area contributed by atoms with Gasteiger partial charge in [-0.2, -0.15) is 0 Å². The fourth-order valence-electron chi connectivity index (χ4n) is 2.92. The summed E-state index contributed by atoms with van der Waals surface area (Å²) >= 11 is 0. The molecule has 1 aliphatic carbocycles. The van der Waals surface area contributed by atoms with E-state index in [0.29, 0.717) is 0 Å². The van der Waals surface area contributed by atoms with Crippen molar-refractivity contribution >= 4 is 0 Å². The van der Waals surface area contributed by atoms with E-state index in [1.54, 1.807) is 0 Å². The lowest BCUT2D eigenvalue weighted by Crippen LogP contribution is -2.34. The molecule has 0 aromatic heterocycles. The lowest BCUT2D eigenvalue weighted by Gasteiger charge is -2.31. The van der Waals surface area contributed by atoms with Crippen molar-refractivity contribution in [2.24, 2.45) is 5.41 Å². The van der Waals surface area contributed by atoms with Gasteiger partial charge in [-0.05, 0) is 35.4 Å². The molecule has 1 heterocycles. The molecule has 2 heteroatoms. The van der Waals surface area contributed by atoms with Gasteiger partial charge in [0.15, 0.2) is 11.5 Å². The van der Waals surface area contributed by atoms with Gasteiger partial charge in [-0.3, -0.25) is 0 Å². The zero-order valence-corrected chi connectivity index (χ0v) is 12.9. The Kier molecular flexibility index (Phi) is 2.49. The maximum Gasteiger partial charge on any atom is 0.246 e. The average molecular weight is 260 g/mol. The number of benzene rings is 1. The molecule has 1 unspecified atom stereocenters. The molecule has 1 atom stereocenters. The smallest absolute Gasteiger partial charge is 0.246 e. The van der Waals surface area contributed by atoms with E-state index >= 15 is 0 Å². The Labute approximate surface area is 116 Å². The van der Waals surface area contributed by atoms with Crippen molar-refractivity contribution in [1.82, 2.24) is 0 Å². The third kappa shape index (κ3) is 1.92. The van der Waals surface area contributed by atoms with Gasteiger partial charge in [0, 0.05) is 11.0 Å². The van der Waals surface area contributed by atoms with E-state index < -0.39 is 0 Å². The van der Waals surface area contributed by atoms with E-state index in [2.05, 4.69) is 47.6 Å². The third-order valence-corrected chi connectivity index (χ3v) is 4.01. The Morgan fingerprint density at radius 2 is 1.68 bits per heavy atom. The van der Waals surface area contributed by atoms with Gasteiger partial charge in [-0.25, -0.2) is 0 Å².